The molecule has 3 aromatic rings. The molecule has 0 atom stereocenters. The normalized spacial score (nSPS) is 15.2. The van der Waals surface area contributed by atoms with E-state index < -0.39 is 10.0 Å². The number of hydrogen-bond acceptors (Lipinski definition) is 5. The molecule has 0 spiro atoms. The smallest absolute Gasteiger partial charge is 0.222 e. The molecule has 0 saturated carbocycles. The van der Waals surface area contributed by atoms with Crippen LogP contribution in [0.2, 0.25) is 0 Å². The van der Waals surface area contributed by atoms with Gasteiger partial charge in [-0.2, -0.15) is 0 Å². The van der Waals surface area contributed by atoms with Gasteiger partial charge in [-0.15, -0.1) is 0 Å². The van der Waals surface area contributed by atoms with E-state index in [1.54, 1.807) is 6.20 Å². The molecule has 0 radical (unpaired) electrons. The van der Waals surface area contributed by atoms with Crippen LogP contribution in [0.25, 0.3) is 22.2 Å². The molecule has 1 amide bonds. The van der Waals surface area contributed by atoms with E-state index in [0.717, 1.165) is 65.7 Å². The number of nitrogens with zero attached hydrogens (tertiary/aromatic N) is 2. The number of benzene rings is 1. The number of carbonyl (C=O) groups excluding carboxylic acids is 1. The zero-order valence-corrected chi connectivity index (χ0v) is 19.8. The first kappa shape index (κ1) is 23.3. The Hall–Kier alpha value is -2.91. The number of piperidine rings is 1. The van der Waals surface area contributed by atoms with E-state index in [2.05, 4.69) is 14.7 Å². The van der Waals surface area contributed by atoms with Gasteiger partial charge in [-0.05, 0) is 36.0 Å². The minimum Gasteiger partial charge on any atom is -0.492 e. The molecule has 3 heterocycles. The van der Waals surface area contributed by atoms with Gasteiger partial charge >= 0.3 is 0 Å². The number of H-pyrrole nitrogens is 1. The lowest BCUT2D eigenvalue weighted by Crippen LogP contribution is -2.39. The van der Waals surface area contributed by atoms with Crippen molar-refractivity contribution < 1.29 is 17.9 Å². The van der Waals surface area contributed by atoms with E-state index in [0.29, 0.717) is 18.9 Å². The van der Waals surface area contributed by atoms with Gasteiger partial charge in [-0.25, -0.2) is 18.1 Å². The van der Waals surface area contributed by atoms with Crippen LogP contribution in [0, 0.1) is 5.92 Å². The molecule has 4 rings (SSSR count). The van der Waals surface area contributed by atoms with Crippen molar-refractivity contribution in [3.63, 3.8) is 0 Å². The molecule has 9 heteroatoms. The maximum absolute atomic E-state index is 11.9. The van der Waals surface area contributed by atoms with E-state index in [1.807, 2.05) is 48.4 Å². The maximum atomic E-state index is 11.9. The summed E-state index contributed by atoms with van der Waals surface area (Å²) in [6.45, 7) is 4.35. The summed E-state index contributed by atoms with van der Waals surface area (Å²) in [5.41, 5.74) is 3.62. The molecule has 0 bridgehead atoms. The fourth-order valence-electron chi connectivity index (χ4n) is 4.17. The molecular formula is C24H30N4O4S. The van der Waals surface area contributed by atoms with Crippen LogP contribution >= 0.6 is 0 Å². The average Bonchev–Trinajstić information content (AvgIpc) is 3.26. The van der Waals surface area contributed by atoms with Gasteiger partial charge in [0.05, 0.1) is 18.2 Å². The van der Waals surface area contributed by atoms with Crippen LogP contribution in [-0.4, -0.2) is 55.1 Å². The van der Waals surface area contributed by atoms with E-state index >= 15 is 0 Å². The van der Waals surface area contributed by atoms with Crippen LogP contribution in [0.1, 0.15) is 31.7 Å². The molecule has 1 aliphatic rings. The van der Waals surface area contributed by atoms with Crippen LogP contribution in [0.5, 0.6) is 5.75 Å². The molecule has 1 aromatic carbocycles. The zero-order chi connectivity index (χ0) is 23.4. The van der Waals surface area contributed by atoms with Gasteiger partial charge in [-0.1, -0.05) is 31.2 Å². The number of carbonyl (C=O) groups is 1. The Kier molecular flexibility index (Phi) is 6.99. The lowest BCUT2D eigenvalue weighted by atomic mass is 9.97. The highest BCUT2D eigenvalue weighted by molar-refractivity contribution is 7.88. The number of nitrogens with one attached hydrogen (secondary N) is 2. The lowest BCUT2D eigenvalue weighted by molar-refractivity contribution is -0.132. The van der Waals surface area contributed by atoms with Crippen LogP contribution in [0.15, 0.2) is 42.7 Å². The number of aromatic amines is 1. The zero-order valence-electron chi connectivity index (χ0n) is 19.0. The van der Waals surface area contributed by atoms with Crippen molar-refractivity contribution >= 4 is 27.0 Å². The van der Waals surface area contributed by atoms with Gasteiger partial charge in [0.15, 0.2) is 0 Å². The second-order valence-electron chi connectivity index (χ2n) is 8.51. The van der Waals surface area contributed by atoms with Crippen LogP contribution < -0.4 is 9.46 Å². The van der Waals surface area contributed by atoms with Crippen molar-refractivity contribution in [1.29, 1.82) is 0 Å². The molecule has 1 saturated heterocycles. The minimum atomic E-state index is -3.23. The number of aromatic nitrogens is 2. The van der Waals surface area contributed by atoms with Crippen molar-refractivity contribution in [3.05, 3.63) is 48.3 Å². The van der Waals surface area contributed by atoms with Crippen molar-refractivity contribution in [2.45, 2.75) is 32.7 Å². The van der Waals surface area contributed by atoms with Crippen molar-refractivity contribution in [2.24, 2.45) is 5.92 Å². The highest BCUT2D eigenvalue weighted by atomic mass is 32.2. The van der Waals surface area contributed by atoms with Gasteiger partial charge in [-0.3, -0.25) is 4.79 Å². The first-order valence-electron chi connectivity index (χ1n) is 11.2. The number of pyridine rings is 1. The summed E-state index contributed by atoms with van der Waals surface area (Å²) >= 11 is 0. The lowest BCUT2D eigenvalue weighted by Gasteiger charge is -2.31. The molecule has 0 unspecified atom stereocenters. The minimum absolute atomic E-state index is 0.222. The molecule has 33 heavy (non-hydrogen) atoms. The number of rotatable bonds is 8. The van der Waals surface area contributed by atoms with Crippen molar-refractivity contribution in [2.75, 3.05) is 26.0 Å². The first-order chi connectivity index (χ1) is 15.8. The van der Waals surface area contributed by atoms with Gasteiger partial charge in [0.1, 0.15) is 11.4 Å². The van der Waals surface area contributed by atoms with Crippen molar-refractivity contribution in [1.82, 2.24) is 19.6 Å². The Morgan fingerprint density at radius 1 is 1.21 bits per heavy atom. The Labute approximate surface area is 194 Å². The third-order valence-corrected chi connectivity index (χ3v) is 6.75. The third-order valence-electron chi connectivity index (χ3n) is 6.08. The highest BCUT2D eigenvalue weighted by Gasteiger charge is 2.23. The third kappa shape index (κ3) is 5.72. The largest absolute Gasteiger partial charge is 0.492 e. The molecule has 1 fully saturated rings. The molecule has 0 aliphatic carbocycles. The molecule has 2 N–H and O–H groups in total. The molecule has 176 valence electrons. The van der Waals surface area contributed by atoms with Crippen LogP contribution in [-0.2, 0) is 21.4 Å². The van der Waals surface area contributed by atoms with Gasteiger partial charge < -0.3 is 14.6 Å². The predicted octanol–water partition coefficient (Wildman–Crippen LogP) is 3.31. The first-order valence-corrected chi connectivity index (χ1v) is 13.1. The summed E-state index contributed by atoms with van der Waals surface area (Å²) in [6.07, 6.45) is 7.26. The number of amides is 1. The van der Waals surface area contributed by atoms with E-state index in [9.17, 15) is 13.2 Å². The van der Waals surface area contributed by atoms with E-state index in [-0.39, 0.29) is 12.5 Å². The Morgan fingerprint density at radius 2 is 1.94 bits per heavy atom. The van der Waals surface area contributed by atoms with Gasteiger partial charge in [0.25, 0.3) is 0 Å². The fourth-order valence-corrected chi connectivity index (χ4v) is 4.60. The topological polar surface area (TPSA) is 104 Å². The highest BCUT2D eigenvalue weighted by Crippen LogP contribution is 2.35. The standard InChI is InChI=1S/C24H30N4O4S/c1-3-22(29)28-12-9-18(10-13-28)16-32-21-8-11-25-24-23(21)20(15-26-24)19-6-4-17(5-7-19)14-27-33(2,30)31/h4-8,11,15,18,27H,3,9-10,12-14,16H2,1-2H3,(H,25,26). The molecule has 8 nitrogen and oxygen atoms in total. The predicted molar refractivity (Wildman–Crippen MR) is 128 cm³/mol. The summed E-state index contributed by atoms with van der Waals surface area (Å²) < 4.78 is 31.4. The monoisotopic (exact) mass is 470 g/mol. The summed E-state index contributed by atoms with van der Waals surface area (Å²) in [5.74, 6) is 1.42. The summed E-state index contributed by atoms with van der Waals surface area (Å²) in [5, 5.41) is 0.929. The number of fused-ring (bicyclic) bond motifs is 1. The average molecular weight is 471 g/mol. The summed E-state index contributed by atoms with van der Waals surface area (Å²) in [6, 6.07) is 9.65. The molecular weight excluding hydrogens is 440 g/mol. The van der Waals surface area contributed by atoms with Crippen LogP contribution in [0.4, 0.5) is 0 Å². The summed E-state index contributed by atoms with van der Waals surface area (Å²) in [7, 11) is -3.23. The Morgan fingerprint density at radius 3 is 2.61 bits per heavy atom. The van der Waals surface area contributed by atoms with E-state index in [1.165, 1.54) is 0 Å². The quantitative estimate of drug-likeness (QED) is 0.526. The van der Waals surface area contributed by atoms with Gasteiger partial charge in [0, 0.05) is 44.0 Å². The van der Waals surface area contributed by atoms with Crippen molar-refractivity contribution in [3.8, 4) is 16.9 Å². The fraction of sp³-hybridized carbons (Fsp3) is 0.417. The second kappa shape index (κ2) is 9.93. The van der Waals surface area contributed by atoms with E-state index in [4.69, 9.17) is 4.74 Å². The van der Waals surface area contributed by atoms with Crippen LogP contribution in [0.3, 0.4) is 0 Å². The Bertz CT molecular complexity index is 1210. The Balaban J connectivity index is 1.47. The second-order valence-corrected chi connectivity index (χ2v) is 10.3. The number of sulfonamides is 1. The SMILES string of the molecule is CCC(=O)N1CCC(COc2ccnc3[nH]cc(-c4ccc(CNS(C)(=O)=O)cc4)c23)CC1. The number of hydrogen-bond donors (Lipinski definition) is 2. The molecule has 2 aromatic heterocycles. The van der Waals surface area contributed by atoms with Gasteiger partial charge in [0.2, 0.25) is 15.9 Å². The number of likely N-dealkylation sites (tertiary alicyclic amines) is 1. The number of ether oxygens (including phenoxy) is 1. The summed E-state index contributed by atoms with van der Waals surface area (Å²) in [4.78, 5) is 21.5. The molecule has 1 aliphatic heterocycles. The maximum Gasteiger partial charge on any atom is 0.222 e.